The third-order valence-electron chi connectivity index (χ3n) is 4.46. The Kier molecular flexibility index (Phi) is 4.02. The van der Waals surface area contributed by atoms with Crippen LogP contribution in [0.5, 0.6) is 0 Å². The highest BCUT2D eigenvalue weighted by Gasteiger charge is 2.42. The molecule has 2 aromatic rings. The number of amides is 1. The normalized spacial score (nSPS) is 19.9. The molecule has 0 aliphatic carbocycles. The molecule has 126 valence electrons. The van der Waals surface area contributed by atoms with Crippen LogP contribution >= 0.6 is 23.2 Å². The van der Waals surface area contributed by atoms with Gasteiger partial charge in [0.2, 0.25) is 5.91 Å². The maximum Gasteiger partial charge on any atom is 0.336 e. The van der Waals surface area contributed by atoms with Crippen LogP contribution in [0.3, 0.4) is 0 Å². The summed E-state index contributed by atoms with van der Waals surface area (Å²) in [6.07, 6.45) is 0.183. The summed E-state index contributed by atoms with van der Waals surface area (Å²) in [6, 6.07) is 14.2. The Labute approximate surface area is 154 Å². The molecule has 0 bridgehead atoms. The first-order chi connectivity index (χ1) is 12.0. The Morgan fingerprint density at radius 1 is 1.00 bits per heavy atom. The molecule has 2 heterocycles. The Balaban J connectivity index is 1.83. The van der Waals surface area contributed by atoms with Gasteiger partial charge in [0.15, 0.2) is 0 Å². The maximum absolute atomic E-state index is 12.9. The van der Waals surface area contributed by atoms with Crippen molar-refractivity contribution >= 4 is 40.8 Å². The van der Waals surface area contributed by atoms with Crippen molar-refractivity contribution in [2.75, 3.05) is 11.5 Å². The minimum Gasteiger partial charge on any atom is -0.456 e. The van der Waals surface area contributed by atoms with Crippen molar-refractivity contribution in [2.24, 2.45) is 0 Å². The first-order valence-electron chi connectivity index (χ1n) is 7.79. The Morgan fingerprint density at radius 2 is 1.76 bits per heavy atom. The van der Waals surface area contributed by atoms with Gasteiger partial charge in [0.1, 0.15) is 6.61 Å². The highest BCUT2D eigenvalue weighted by atomic mass is 35.5. The van der Waals surface area contributed by atoms with E-state index in [2.05, 4.69) is 0 Å². The predicted molar refractivity (Wildman–Crippen MR) is 95.7 cm³/mol. The van der Waals surface area contributed by atoms with E-state index in [0.717, 1.165) is 5.56 Å². The van der Waals surface area contributed by atoms with Gasteiger partial charge in [-0.2, -0.15) is 0 Å². The van der Waals surface area contributed by atoms with Crippen LogP contribution in [0.15, 0.2) is 59.8 Å². The summed E-state index contributed by atoms with van der Waals surface area (Å²) in [5, 5.41) is 1.13. The average molecular weight is 374 g/mol. The van der Waals surface area contributed by atoms with Crippen molar-refractivity contribution in [3.8, 4) is 0 Å². The fraction of sp³-hybridized carbons (Fsp3) is 0.158. The lowest BCUT2D eigenvalue weighted by atomic mass is 9.84. The van der Waals surface area contributed by atoms with Crippen LogP contribution in [0.25, 0.3) is 0 Å². The molecule has 0 spiro atoms. The van der Waals surface area contributed by atoms with E-state index >= 15 is 0 Å². The quantitative estimate of drug-likeness (QED) is 0.736. The molecule has 0 saturated heterocycles. The molecule has 0 radical (unpaired) electrons. The number of benzene rings is 2. The van der Waals surface area contributed by atoms with Gasteiger partial charge in [-0.3, -0.25) is 9.69 Å². The van der Waals surface area contributed by atoms with Gasteiger partial charge < -0.3 is 4.74 Å². The average Bonchev–Trinajstić information content (AvgIpc) is 2.96. The molecule has 6 heteroatoms. The number of anilines is 1. The molecule has 1 amide bonds. The molecule has 0 saturated carbocycles. The summed E-state index contributed by atoms with van der Waals surface area (Å²) in [5.74, 6) is -0.807. The number of carbonyl (C=O) groups is 2. The third-order valence-corrected chi connectivity index (χ3v) is 4.94. The fourth-order valence-electron chi connectivity index (χ4n) is 3.35. The summed E-state index contributed by atoms with van der Waals surface area (Å²) in [4.78, 5) is 26.7. The van der Waals surface area contributed by atoms with E-state index in [9.17, 15) is 9.59 Å². The van der Waals surface area contributed by atoms with Crippen LogP contribution in [0.2, 0.25) is 10.0 Å². The first-order valence-corrected chi connectivity index (χ1v) is 8.54. The fourth-order valence-corrected chi connectivity index (χ4v) is 3.66. The molecule has 1 atom stereocenters. The van der Waals surface area contributed by atoms with E-state index in [-0.39, 0.29) is 30.8 Å². The first kappa shape index (κ1) is 16.2. The monoisotopic (exact) mass is 373 g/mol. The number of carbonyl (C=O) groups excluding carboxylic acids is 2. The van der Waals surface area contributed by atoms with Crippen LogP contribution in [-0.2, 0) is 14.3 Å². The van der Waals surface area contributed by atoms with E-state index in [1.165, 1.54) is 0 Å². The SMILES string of the molecule is O=C1OCC2=C1C(c1ccc(Cl)cc1)CC(=O)N2c1cccc(Cl)c1. The summed E-state index contributed by atoms with van der Waals surface area (Å²) in [6.45, 7) is 0.0799. The molecule has 0 aromatic heterocycles. The predicted octanol–water partition coefficient (Wildman–Crippen LogP) is 4.32. The van der Waals surface area contributed by atoms with Crippen LogP contribution in [0.1, 0.15) is 17.9 Å². The lowest BCUT2D eigenvalue weighted by molar-refractivity contribution is -0.136. The van der Waals surface area contributed by atoms with Crippen molar-refractivity contribution in [1.82, 2.24) is 0 Å². The lowest BCUT2D eigenvalue weighted by Gasteiger charge is -2.32. The van der Waals surface area contributed by atoms with Gasteiger partial charge in [0.25, 0.3) is 0 Å². The van der Waals surface area contributed by atoms with Crippen molar-refractivity contribution in [2.45, 2.75) is 12.3 Å². The Morgan fingerprint density at radius 3 is 2.48 bits per heavy atom. The molecular formula is C19H13Cl2NO3. The van der Waals surface area contributed by atoms with Gasteiger partial charge in [-0.25, -0.2) is 4.79 Å². The summed E-state index contributed by atoms with van der Waals surface area (Å²) in [7, 11) is 0. The van der Waals surface area contributed by atoms with Crippen LogP contribution in [-0.4, -0.2) is 18.5 Å². The van der Waals surface area contributed by atoms with Gasteiger partial charge in [0, 0.05) is 22.4 Å². The second kappa shape index (κ2) is 6.21. The van der Waals surface area contributed by atoms with Gasteiger partial charge in [0.05, 0.1) is 17.0 Å². The van der Waals surface area contributed by atoms with Crippen LogP contribution in [0, 0.1) is 0 Å². The van der Waals surface area contributed by atoms with Gasteiger partial charge >= 0.3 is 5.97 Å². The van der Waals surface area contributed by atoms with Crippen LogP contribution < -0.4 is 4.90 Å². The van der Waals surface area contributed by atoms with E-state index in [1.807, 2.05) is 12.1 Å². The minimum atomic E-state index is -0.380. The van der Waals surface area contributed by atoms with Gasteiger partial charge in [-0.15, -0.1) is 0 Å². The highest BCUT2D eigenvalue weighted by Crippen LogP contribution is 2.42. The van der Waals surface area contributed by atoms with E-state index in [0.29, 0.717) is 27.0 Å². The number of esters is 1. The number of rotatable bonds is 2. The van der Waals surface area contributed by atoms with E-state index in [1.54, 1.807) is 41.3 Å². The maximum atomic E-state index is 12.9. The molecule has 0 N–H and O–H groups in total. The van der Waals surface area contributed by atoms with Gasteiger partial charge in [-0.1, -0.05) is 41.4 Å². The number of halogens is 2. The van der Waals surface area contributed by atoms with Crippen LogP contribution in [0.4, 0.5) is 5.69 Å². The second-order valence-electron chi connectivity index (χ2n) is 5.95. The van der Waals surface area contributed by atoms with Crippen molar-refractivity contribution in [3.05, 3.63) is 75.4 Å². The molecule has 0 fully saturated rings. The largest absolute Gasteiger partial charge is 0.456 e. The number of hydrogen-bond acceptors (Lipinski definition) is 3. The summed E-state index contributed by atoms with van der Waals surface area (Å²) >= 11 is 12.0. The Bertz CT molecular complexity index is 905. The number of hydrogen-bond donors (Lipinski definition) is 0. The second-order valence-corrected chi connectivity index (χ2v) is 6.83. The topological polar surface area (TPSA) is 46.6 Å². The zero-order chi connectivity index (χ0) is 17.6. The molecule has 2 aromatic carbocycles. The highest BCUT2D eigenvalue weighted by molar-refractivity contribution is 6.31. The zero-order valence-corrected chi connectivity index (χ0v) is 14.6. The summed E-state index contributed by atoms with van der Waals surface area (Å²) in [5.41, 5.74) is 2.62. The molecule has 25 heavy (non-hydrogen) atoms. The van der Waals surface area contributed by atoms with Crippen molar-refractivity contribution in [3.63, 3.8) is 0 Å². The van der Waals surface area contributed by atoms with E-state index in [4.69, 9.17) is 27.9 Å². The molecular weight excluding hydrogens is 361 g/mol. The number of cyclic esters (lactones) is 1. The number of nitrogens with zero attached hydrogens (tertiary/aromatic N) is 1. The Hall–Kier alpha value is -2.30. The van der Waals surface area contributed by atoms with E-state index < -0.39 is 0 Å². The molecule has 1 unspecified atom stereocenters. The van der Waals surface area contributed by atoms with Gasteiger partial charge in [-0.05, 0) is 35.9 Å². The smallest absolute Gasteiger partial charge is 0.336 e. The minimum absolute atomic E-state index is 0.0799. The zero-order valence-electron chi connectivity index (χ0n) is 13.0. The molecule has 4 nitrogen and oxygen atoms in total. The standard InChI is InChI=1S/C19H13Cl2NO3/c20-12-6-4-11(5-7-12)15-9-17(23)22(14-3-1-2-13(21)8-14)16-10-25-19(24)18(15)16/h1-8,15H,9-10H2. The molecule has 2 aliphatic rings. The lowest BCUT2D eigenvalue weighted by Crippen LogP contribution is -2.37. The van der Waals surface area contributed by atoms with Crippen molar-refractivity contribution < 1.29 is 14.3 Å². The third kappa shape index (κ3) is 2.81. The molecule has 4 rings (SSSR count). The summed E-state index contributed by atoms with van der Waals surface area (Å²) < 4.78 is 5.24. The number of ether oxygens (including phenoxy) is 1. The van der Waals surface area contributed by atoms with Crippen molar-refractivity contribution in [1.29, 1.82) is 0 Å². The molecule has 2 aliphatic heterocycles.